The Morgan fingerprint density at radius 3 is 1.51 bits per heavy atom. The van der Waals surface area contributed by atoms with Crippen molar-refractivity contribution in [2.75, 3.05) is 0 Å². The van der Waals surface area contributed by atoms with Gasteiger partial charge in [-0.05, 0) is 77.2 Å². The zero-order valence-corrected chi connectivity index (χ0v) is 25.2. The largest absolute Gasteiger partial charge is 0.422 e. The van der Waals surface area contributed by atoms with Crippen LogP contribution in [0.1, 0.15) is 0 Å². The van der Waals surface area contributed by atoms with Crippen molar-refractivity contribution in [2.24, 2.45) is 0 Å². The third-order valence-electron chi connectivity index (χ3n) is 9.54. The molecule has 0 aliphatic rings. The molecule has 220 valence electrons. The lowest BCUT2D eigenvalue weighted by atomic mass is 10.0. The van der Waals surface area contributed by atoms with E-state index in [1.807, 2.05) is 36.4 Å². The summed E-state index contributed by atoms with van der Waals surface area (Å²) in [6.45, 7) is 0. The molecule has 0 unspecified atom stereocenters. The molecule has 0 N–H and O–H groups in total. The first-order valence-electron chi connectivity index (χ1n) is 15.8. The first-order chi connectivity index (χ1) is 23.2. The number of aromatic nitrogens is 2. The molecule has 7 aromatic carbocycles. The molecule has 0 fully saturated rings. The Labute approximate surface area is 268 Å². The van der Waals surface area contributed by atoms with E-state index in [1.165, 1.54) is 21.8 Å². The second kappa shape index (κ2) is 9.80. The maximum Gasteiger partial charge on any atom is 0.344 e. The smallest absolute Gasteiger partial charge is 0.344 e. The summed E-state index contributed by atoms with van der Waals surface area (Å²) in [5.41, 5.74) is 9.29. The normalized spacial score (nSPS) is 11.9. The molecule has 0 saturated heterocycles. The number of benzene rings is 7. The summed E-state index contributed by atoms with van der Waals surface area (Å²) >= 11 is 0. The van der Waals surface area contributed by atoms with Crippen LogP contribution in [0.3, 0.4) is 0 Å². The zero-order chi connectivity index (χ0) is 31.1. The Kier molecular flexibility index (Phi) is 5.40. The van der Waals surface area contributed by atoms with Gasteiger partial charge >= 0.3 is 5.63 Å². The molecule has 3 aromatic heterocycles. The van der Waals surface area contributed by atoms with Crippen molar-refractivity contribution in [3.05, 3.63) is 168 Å². The minimum Gasteiger partial charge on any atom is -0.422 e. The summed E-state index contributed by atoms with van der Waals surface area (Å²) in [5.74, 6) is 0. The van der Waals surface area contributed by atoms with Gasteiger partial charge in [0.15, 0.2) is 0 Å². The predicted molar refractivity (Wildman–Crippen MR) is 194 cm³/mol. The van der Waals surface area contributed by atoms with Gasteiger partial charge in [0.25, 0.3) is 0 Å². The molecule has 10 rings (SSSR count). The van der Waals surface area contributed by atoms with Crippen LogP contribution < -0.4 is 5.63 Å². The molecule has 0 spiro atoms. The van der Waals surface area contributed by atoms with Crippen LogP contribution in [0.15, 0.2) is 167 Å². The second-order valence-corrected chi connectivity index (χ2v) is 12.1. The number of hydrogen-bond donors (Lipinski definition) is 0. The minimum atomic E-state index is -0.315. The topological polar surface area (TPSA) is 40.1 Å². The van der Waals surface area contributed by atoms with Gasteiger partial charge in [-0.3, -0.25) is 0 Å². The number of fused-ring (bicyclic) bond motifs is 9. The minimum absolute atomic E-state index is 0.315. The quantitative estimate of drug-likeness (QED) is 0.149. The van der Waals surface area contributed by atoms with Gasteiger partial charge in [0.1, 0.15) is 5.58 Å². The Morgan fingerprint density at radius 1 is 0.362 bits per heavy atom. The summed E-state index contributed by atoms with van der Waals surface area (Å²) in [7, 11) is 0. The number of rotatable bonds is 3. The molecule has 0 bridgehead atoms. The Bertz CT molecular complexity index is 2910. The standard InChI is InChI=1S/C43H26N2O2/c46-43-35-17-8-7-15-31(35)37-25-41-36(26-42(37)47-43)34-22-20-28(24-40(34)45(41)30-13-5-2-6-14-30)27-19-21-33-32-16-9-10-18-38(32)44(39(33)23-27)29-11-3-1-4-12-29/h1-26H. The van der Waals surface area contributed by atoms with Crippen molar-refractivity contribution in [1.29, 1.82) is 0 Å². The van der Waals surface area contributed by atoms with Crippen molar-refractivity contribution in [3.63, 3.8) is 0 Å². The lowest BCUT2D eigenvalue weighted by Crippen LogP contribution is -1.99. The first-order valence-corrected chi connectivity index (χ1v) is 15.8. The average molecular weight is 603 g/mol. The van der Waals surface area contributed by atoms with E-state index in [1.54, 1.807) is 0 Å². The molecule has 0 atom stereocenters. The van der Waals surface area contributed by atoms with Crippen LogP contribution in [0.5, 0.6) is 0 Å². The molecule has 0 aliphatic carbocycles. The van der Waals surface area contributed by atoms with Crippen molar-refractivity contribution >= 4 is 65.4 Å². The number of para-hydroxylation sites is 3. The summed E-state index contributed by atoms with van der Waals surface area (Å²) in [4.78, 5) is 12.9. The van der Waals surface area contributed by atoms with E-state index in [0.29, 0.717) is 11.0 Å². The van der Waals surface area contributed by atoms with Crippen LogP contribution in [-0.2, 0) is 0 Å². The summed E-state index contributed by atoms with van der Waals surface area (Å²) in [5, 5.41) is 7.02. The summed E-state index contributed by atoms with van der Waals surface area (Å²) in [6, 6.07) is 55.0. The molecular weight excluding hydrogens is 576 g/mol. The van der Waals surface area contributed by atoms with Crippen LogP contribution in [0.2, 0.25) is 0 Å². The molecule has 0 aliphatic heterocycles. The van der Waals surface area contributed by atoms with Gasteiger partial charge in [-0.25, -0.2) is 4.79 Å². The van der Waals surface area contributed by atoms with Crippen molar-refractivity contribution in [2.45, 2.75) is 0 Å². The average Bonchev–Trinajstić information content (AvgIpc) is 3.63. The van der Waals surface area contributed by atoms with E-state index in [9.17, 15) is 4.79 Å². The molecule has 4 heteroatoms. The lowest BCUT2D eigenvalue weighted by molar-refractivity contribution is 0.570. The monoisotopic (exact) mass is 602 g/mol. The Balaban J connectivity index is 1.26. The van der Waals surface area contributed by atoms with Crippen molar-refractivity contribution in [1.82, 2.24) is 9.13 Å². The Morgan fingerprint density at radius 2 is 0.851 bits per heavy atom. The number of nitrogens with zero attached hydrogens (tertiary/aromatic N) is 2. The zero-order valence-electron chi connectivity index (χ0n) is 25.2. The fraction of sp³-hybridized carbons (Fsp3) is 0. The van der Waals surface area contributed by atoms with E-state index in [0.717, 1.165) is 55.1 Å². The van der Waals surface area contributed by atoms with E-state index in [-0.39, 0.29) is 5.63 Å². The number of hydrogen-bond acceptors (Lipinski definition) is 2. The van der Waals surface area contributed by atoms with Crippen LogP contribution >= 0.6 is 0 Å². The maximum atomic E-state index is 12.9. The molecule has 47 heavy (non-hydrogen) atoms. The van der Waals surface area contributed by atoms with Crippen LogP contribution in [-0.4, -0.2) is 9.13 Å². The molecule has 4 nitrogen and oxygen atoms in total. The predicted octanol–water partition coefficient (Wildman–Crippen LogP) is 10.8. The van der Waals surface area contributed by atoms with Crippen LogP contribution in [0.4, 0.5) is 0 Å². The third-order valence-corrected chi connectivity index (χ3v) is 9.54. The molecular formula is C43H26N2O2. The molecule has 0 saturated carbocycles. The summed E-state index contributed by atoms with van der Waals surface area (Å²) < 4.78 is 10.6. The van der Waals surface area contributed by atoms with E-state index in [2.05, 4.69) is 130 Å². The van der Waals surface area contributed by atoms with Gasteiger partial charge < -0.3 is 13.6 Å². The molecule has 10 aromatic rings. The van der Waals surface area contributed by atoms with Gasteiger partial charge in [-0.15, -0.1) is 0 Å². The highest BCUT2D eigenvalue weighted by Crippen LogP contribution is 2.39. The fourth-order valence-electron chi connectivity index (χ4n) is 7.43. The maximum absolute atomic E-state index is 12.9. The Hall–Kier alpha value is -6.39. The van der Waals surface area contributed by atoms with Gasteiger partial charge in [0.2, 0.25) is 0 Å². The highest BCUT2D eigenvalue weighted by Gasteiger charge is 2.18. The highest BCUT2D eigenvalue weighted by molar-refractivity contribution is 6.17. The van der Waals surface area contributed by atoms with E-state index < -0.39 is 0 Å². The van der Waals surface area contributed by atoms with Crippen molar-refractivity contribution < 1.29 is 4.42 Å². The SMILES string of the molecule is O=c1oc2cc3c4ccc(-c5ccc6c7ccccc7n(-c7ccccc7)c6c5)cc4n(-c4ccccc4)c3cc2c2ccccc12. The first kappa shape index (κ1) is 25.9. The van der Waals surface area contributed by atoms with Gasteiger partial charge in [0, 0.05) is 38.3 Å². The van der Waals surface area contributed by atoms with Crippen molar-refractivity contribution in [3.8, 4) is 22.5 Å². The van der Waals surface area contributed by atoms with E-state index >= 15 is 0 Å². The molecule has 0 radical (unpaired) electrons. The summed E-state index contributed by atoms with van der Waals surface area (Å²) in [6.07, 6.45) is 0. The van der Waals surface area contributed by atoms with Crippen LogP contribution in [0, 0.1) is 0 Å². The van der Waals surface area contributed by atoms with Crippen LogP contribution in [0.25, 0.3) is 87.9 Å². The molecule has 3 heterocycles. The van der Waals surface area contributed by atoms with Gasteiger partial charge in [-0.2, -0.15) is 0 Å². The fourth-order valence-corrected chi connectivity index (χ4v) is 7.43. The van der Waals surface area contributed by atoms with Gasteiger partial charge in [-0.1, -0.05) is 97.1 Å². The second-order valence-electron chi connectivity index (χ2n) is 12.1. The third kappa shape index (κ3) is 3.79. The van der Waals surface area contributed by atoms with Gasteiger partial charge in [0.05, 0.1) is 27.5 Å². The highest BCUT2D eigenvalue weighted by atomic mass is 16.4. The van der Waals surface area contributed by atoms with E-state index in [4.69, 9.17) is 4.42 Å². The molecule has 0 amide bonds. The lowest BCUT2D eigenvalue weighted by Gasteiger charge is -2.11.